The number of hydrogen-bond acceptors (Lipinski definition) is 4. The molecular formula is C26H31NO4. The van der Waals surface area contributed by atoms with Crippen molar-refractivity contribution < 1.29 is 19.1 Å². The molecule has 0 aliphatic carbocycles. The molecule has 1 aliphatic heterocycles. The average Bonchev–Trinajstić information content (AvgIpc) is 2.83. The van der Waals surface area contributed by atoms with E-state index in [1.807, 2.05) is 18.2 Å². The predicted molar refractivity (Wildman–Crippen MR) is 120 cm³/mol. The second-order valence-corrected chi connectivity index (χ2v) is 8.08. The van der Waals surface area contributed by atoms with Gasteiger partial charge in [-0.3, -0.25) is 9.59 Å². The van der Waals surface area contributed by atoms with Crippen molar-refractivity contribution in [2.75, 3.05) is 6.54 Å². The average molecular weight is 422 g/mol. The van der Waals surface area contributed by atoms with Crippen molar-refractivity contribution in [1.82, 2.24) is 4.90 Å². The van der Waals surface area contributed by atoms with Gasteiger partial charge in [-0.25, -0.2) is 4.79 Å². The molecule has 31 heavy (non-hydrogen) atoms. The Hall–Kier alpha value is -2.95. The zero-order valence-electron chi connectivity index (χ0n) is 18.2. The number of aryl methyl sites for hydroxylation is 1. The third kappa shape index (κ3) is 6.27. The van der Waals surface area contributed by atoms with Gasteiger partial charge >= 0.3 is 5.97 Å². The highest BCUT2D eigenvalue weighted by atomic mass is 16.5. The van der Waals surface area contributed by atoms with Crippen molar-refractivity contribution in [3.05, 3.63) is 71.8 Å². The quantitative estimate of drug-likeness (QED) is 0.337. The smallest absolute Gasteiger partial charge is 0.329 e. The molecule has 2 atom stereocenters. The Morgan fingerprint density at radius 1 is 0.968 bits per heavy atom. The Bertz CT molecular complexity index is 865. The van der Waals surface area contributed by atoms with Gasteiger partial charge < -0.3 is 9.64 Å². The van der Waals surface area contributed by atoms with E-state index in [1.54, 1.807) is 30.3 Å². The maximum atomic E-state index is 13.0. The lowest BCUT2D eigenvalue weighted by molar-refractivity contribution is -0.160. The number of ketones is 1. The first-order valence-electron chi connectivity index (χ1n) is 11.2. The second kappa shape index (κ2) is 11.4. The van der Waals surface area contributed by atoms with Crippen LogP contribution >= 0.6 is 0 Å². The molecule has 0 spiro atoms. The van der Waals surface area contributed by atoms with Gasteiger partial charge in [0.05, 0.1) is 0 Å². The molecule has 164 valence electrons. The van der Waals surface area contributed by atoms with Crippen molar-refractivity contribution in [3.63, 3.8) is 0 Å². The van der Waals surface area contributed by atoms with Gasteiger partial charge in [-0.05, 0) is 44.1 Å². The zero-order chi connectivity index (χ0) is 22.1. The van der Waals surface area contributed by atoms with E-state index < -0.39 is 17.7 Å². The maximum Gasteiger partial charge on any atom is 0.329 e. The monoisotopic (exact) mass is 421 g/mol. The number of Topliss-reactive ketones (excluding diaryl/α,β-unsaturated/α-hetero) is 1. The standard InChI is InChI=1S/C26H31NO4/c1-2-11-22(18-17-20-12-5-3-6-13-20)31-26(30)23-16-9-10-19-27(23)25(29)24(28)21-14-7-4-8-15-21/h3-8,12-15,22-23H,2,9-11,16-19H2,1H3/t22-,23+/m1/s1. The van der Waals surface area contributed by atoms with Gasteiger partial charge in [0.25, 0.3) is 5.91 Å². The molecule has 2 aromatic rings. The topological polar surface area (TPSA) is 63.7 Å². The van der Waals surface area contributed by atoms with E-state index in [-0.39, 0.29) is 12.1 Å². The van der Waals surface area contributed by atoms with Crippen molar-refractivity contribution in [1.29, 1.82) is 0 Å². The van der Waals surface area contributed by atoms with Crippen LogP contribution in [0.2, 0.25) is 0 Å². The molecule has 2 aromatic carbocycles. The fraction of sp³-hybridized carbons (Fsp3) is 0.423. The lowest BCUT2D eigenvalue weighted by atomic mass is 9.99. The van der Waals surface area contributed by atoms with Crippen LogP contribution in [-0.4, -0.2) is 41.3 Å². The molecule has 1 fully saturated rings. The number of hydrogen-bond donors (Lipinski definition) is 0. The van der Waals surface area contributed by atoms with Gasteiger partial charge in [-0.1, -0.05) is 74.0 Å². The van der Waals surface area contributed by atoms with E-state index in [9.17, 15) is 14.4 Å². The van der Waals surface area contributed by atoms with Crippen molar-refractivity contribution in [2.24, 2.45) is 0 Å². The molecular weight excluding hydrogens is 390 g/mol. The summed E-state index contributed by atoms with van der Waals surface area (Å²) in [5, 5.41) is 0. The van der Waals surface area contributed by atoms with Crippen LogP contribution in [0, 0.1) is 0 Å². The summed E-state index contributed by atoms with van der Waals surface area (Å²) in [6.45, 7) is 2.47. The molecule has 1 amide bonds. The fourth-order valence-corrected chi connectivity index (χ4v) is 4.06. The van der Waals surface area contributed by atoms with Crippen LogP contribution in [0.1, 0.15) is 61.4 Å². The fourth-order valence-electron chi connectivity index (χ4n) is 4.06. The van der Waals surface area contributed by atoms with Gasteiger partial charge in [-0.2, -0.15) is 0 Å². The van der Waals surface area contributed by atoms with Crippen LogP contribution in [0.15, 0.2) is 60.7 Å². The van der Waals surface area contributed by atoms with Crippen LogP contribution in [0.5, 0.6) is 0 Å². The minimum Gasteiger partial charge on any atom is -0.461 e. The largest absolute Gasteiger partial charge is 0.461 e. The lowest BCUT2D eigenvalue weighted by Gasteiger charge is -2.34. The molecule has 0 saturated carbocycles. The first-order chi connectivity index (χ1) is 15.1. The number of carbonyl (C=O) groups excluding carboxylic acids is 3. The van der Waals surface area contributed by atoms with E-state index in [1.165, 1.54) is 10.5 Å². The number of rotatable bonds is 9. The number of likely N-dealkylation sites (tertiary alicyclic amines) is 1. The second-order valence-electron chi connectivity index (χ2n) is 8.08. The molecule has 1 heterocycles. The van der Waals surface area contributed by atoms with Crippen LogP contribution in [0.4, 0.5) is 0 Å². The number of amides is 1. The summed E-state index contributed by atoms with van der Waals surface area (Å²) in [6, 6.07) is 17.9. The SMILES string of the molecule is CCC[C@H](CCc1ccccc1)OC(=O)[C@@H]1CCCCN1C(=O)C(=O)c1ccccc1. The first-order valence-corrected chi connectivity index (χ1v) is 11.2. The summed E-state index contributed by atoms with van der Waals surface area (Å²) in [5.41, 5.74) is 1.56. The number of esters is 1. The molecule has 0 radical (unpaired) electrons. The highest BCUT2D eigenvalue weighted by Crippen LogP contribution is 2.22. The minimum absolute atomic E-state index is 0.193. The van der Waals surface area contributed by atoms with E-state index >= 15 is 0 Å². The van der Waals surface area contributed by atoms with Crippen molar-refractivity contribution in [2.45, 2.75) is 64.0 Å². The summed E-state index contributed by atoms with van der Waals surface area (Å²) >= 11 is 0. The summed E-state index contributed by atoms with van der Waals surface area (Å²) in [6.07, 6.45) is 5.22. The van der Waals surface area contributed by atoms with Gasteiger partial charge in [0, 0.05) is 12.1 Å². The Kier molecular flexibility index (Phi) is 8.39. The summed E-state index contributed by atoms with van der Waals surface area (Å²) in [7, 11) is 0. The van der Waals surface area contributed by atoms with Gasteiger partial charge in [0.2, 0.25) is 5.78 Å². The number of nitrogens with zero attached hydrogens (tertiary/aromatic N) is 1. The Balaban J connectivity index is 1.65. The molecule has 0 unspecified atom stereocenters. The molecule has 0 N–H and O–H groups in total. The zero-order valence-corrected chi connectivity index (χ0v) is 18.2. The number of carbonyl (C=O) groups is 3. The molecule has 1 aliphatic rings. The van der Waals surface area contributed by atoms with E-state index in [0.29, 0.717) is 18.5 Å². The summed E-state index contributed by atoms with van der Waals surface area (Å²) < 4.78 is 5.87. The highest BCUT2D eigenvalue weighted by molar-refractivity contribution is 6.43. The first kappa shape index (κ1) is 22.7. The highest BCUT2D eigenvalue weighted by Gasteiger charge is 2.37. The van der Waals surface area contributed by atoms with Crippen LogP contribution in [0.3, 0.4) is 0 Å². The van der Waals surface area contributed by atoms with Crippen LogP contribution in [-0.2, 0) is 20.7 Å². The normalized spacial score (nSPS) is 17.1. The van der Waals surface area contributed by atoms with Crippen molar-refractivity contribution in [3.8, 4) is 0 Å². The Morgan fingerprint density at radius 2 is 1.65 bits per heavy atom. The number of ether oxygens (including phenoxy) is 1. The molecule has 3 rings (SSSR count). The van der Waals surface area contributed by atoms with E-state index in [4.69, 9.17) is 4.74 Å². The summed E-state index contributed by atoms with van der Waals surface area (Å²) in [5.74, 6) is -1.58. The summed E-state index contributed by atoms with van der Waals surface area (Å²) in [4.78, 5) is 40.0. The van der Waals surface area contributed by atoms with Crippen LogP contribution in [0.25, 0.3) is 0 Å². The molecule has 5 nitrogen and oxygen atoms in total. The van der Waals surface area contributed by atoms with Crippen LogP contribution < -0.4 is 0 Å². The van der Waals surface area contributed by atoms with Gasteiger partial charge in [0.15, 0.2) is 0 Å². The minimum atomic E-state index is -0.690. The Labute approximate surface area is 184 Å². The third-order valence-corrected chi connectivity index (χ3v) is 5.76. The van der Waals surface area contributed by atoms with E-state index in [0.717, 1.165) is 38.5 Å². The molecule has 0 aromatic heterocycles. The van der Waals surface area contributed by atoms with Crippen molar-refractivity contribution >= 4 is 17.7 Å². The van der Waals surface area contributed by atoms with Gasteiger partial charge in [-0.15, -0.1) is 0 Å². The molecule has 5 heteroatoms. The Morgan fingerprint density at radius 3 is 2.32 bits per heavy atom. The predicted octanol–water partition coefficient (Wildman–Crippen LogP) is 4.60. The number of benzene rings is 2. The molecule has 0 bridgehead atoms. The molecule has 1 saturated heterocycles. The lowest BCUT2D eigenvalue weighted by Crippen LogP contribution is -2.51. The maximum absolute atomic E-state index is 13.0. The van der Waals surface area contributed by atoms with E-state index in [2.05, 4.69) is 19.1 Å². The third-order valence-electron chi connectivity index (χ3n) is 5.76. The van der Waals surface area contributed by atoms with Gasteiger partial charge in [0.1, 0.15) is 12.1 Å². The number of piperidine rings is 1.